The SMILES string of the molecule is CC(C)(C)O.Cc1ncc(-c2cc(F)c(OCCc3ccc(F)cc3)cn2)c(N2CCC(C)(C)CC2)c1CC(=O)O. The van der Waals surface area contributed by atoms with E-state index in [0.717, 1.165) is 37.2 Å². The summed E-state index contributed by atoms with van der Waals surface area (Å²) in [7, 11) is 0. The molecule has 3 aromatic rings. The molecule has 2 aromatic heterocycles. The standard InChI is InChI=1S/C28H31F2N3O3.C4H10O/c1-18-21(14-26(34)35)27(33-11-9-28(2,3)10-12-33)22(16-31-18)24-15-23(30)25(17-32-24)36-13-8-19-4-6-20(29)7-5-19;1-4(2,3)5/h4-7,15-17H,8-14H2,1-3H3,(H,34,35);5H,1-3H3. The lowest BCUT2D eigenvalue weighted by atomic mass is 9.82. The highest BCUT2D eigenvalue weighted by Gasteiger charge is 2.29. The highest BCUT2D eigenvalue weighted by Crippen LogP contribution is 2.39. The molecule has 222 valence electrons. The molecule has 1 aromatic carbocycles. The first-order chi connectivity index (χ1) is 19.1. The van der Waals surface area contributed by atoms with Gasteiger partial charge in [0, 0.05) is 48.6 Å². The molecule has 0 aliphatic carbocycles. The number of benzene rings is 1. The third kappa shape index (κ3) is 9.78. The zero-order valence-corrected chi connectivity index (χ0v) is 24.8. The van der Waals surface area contributed by atoms with Gasteiger partial charge in [-0.05, 0) is 63.6 Å². The molecule has 9 heteroatoms. The van der Waals surface area contributed by atoms with Crippen LogP contribution in [0, 0.1) is 24.0 Å². The fourth-order valence-electron chi connectivity index (χ4n) is 4.48. The molecule has 0 bridgehead atoms. The predicted octanol–water partition coefficient (Wildman–Crippen LogP) is 6.38. The summed E-state index contributed by atoms with van der Waals surface area (Å²) >= 11 is 0. The first-order valence-electron chi connectivity index (χ1n) is 13.8. The molecule has 0 saturated carbocycles. The minimum atomic E-state index is -0.945. The van der Waals surface area contributed by atoms with Crippen molar-refractivity contribution < 1.29 is 28.5 Å². The van der Waals surface area contributed by atoms with Crippen LogP contribution in [0.15, 0.2) is 42.7 Å². The Kier molecular flexibility index (Phi) is 10.4. The van der Waals surface area contributed by atoms with Crippen LogP contribution in [0.5, 0.6) is 5.75 Å². The van der Waals surface area contributed by atoms with E-state index in [-0.39, 0.29) is 30.0 Å². The minimum absolute atomic E-state index is 0.0213. The zero-order chi connectivity index (χ0) is 30.4. The summed E-state index contributed by atoms with van der Waals surface area (Å²) in [5, 5.41) is 18.1. The maximum atomic E-state index is 15.0. The van der Waals surface area contributed by atoms with Crippen LogP contribution in [0.1, 0.15) is 64.3 Å². The summed E-state index contributed by atoms with van der Waals surface area (Å²) in [5.41, 5.74) is 3.60. The summed E-state index contributed by atoms with van der Waals surface area (Å²) in [5.74, 6) is -1.80. The average Bonchev–Trinajstić information content (AvgIpc) is 2.86. The maximum absolute atomic E-state index is 15.0. The molecular weight excluding hydrogens is 528 g/mol. The van der Waals surface area contributed by atoms with Crippen LogP contribution in [0.25, 0.3) is 11.3 Å². The molecular formula is C32H41F2N3O4. The summed E-state index contributed by atoms with van der Waals surface area (Å²) in [6.45, 7) is 13.2. The number of nitrogens with zero attached hydrogens (tertiary/aromatic N) is 3. The monoisotopic (exact) mass is 569 g/mol. The van der Waals surface area contributed by atoms with Gasteiger partial charge in [0.25, 0.3) is 0 Å². The molecule has 0 atom stereocenters. The molecule has 1 saturated heterocycles. The van der Waals surface area contributed by atoms with Crippen molar-refractivity contribution >= 4 is 11.7 Å². The lowest BCUT2D eigenvalue weighted by Crippen LogP contribution is -2.38. The molecule has 0 amide bonds. The number of ether oxygens (including phenoxy) is 1. The molecule has 0 radical (unpaired) electrons. The number of rotatable bonds is 8. The van der Waals surface area contributed by atoms with E-state index in [2.05, 4.69) is 28.7 Å². The quantitative estimate of drug-likeness (QED) is 0.325. The van der Waals surface area contributed by atoms with Crippen molar-refractivity contribution in [3.63, 3.8) is 0 Å². The van der Waals surface area contributed by atoms with E-state index in [1.54, 1.807) is 46.0 Å². The largest absolute Gasteiger partial charge is 0.489 e. The van der Waals surface area contributed by atoms with Gasteiger partial charge < -0.3 is 19.8 Å². The second-order valence-electron chi connectivity index (χ2n) is 12.2. The van der Waals surface area contributed by atoms with Crippen LogP contribution in [0.4, 0.5) is 14.5 Å². The Balaban J connectivity index is 0.000000850. The van der Waals surface area contributed by atoms with Gasteiger partial charge in [-0.25, -0.2) is 8.78 Å². The van der Waals surface area contributed by atoms with Gasteiger partial charge in [-0.1, -0.05) is 26.0 Å². The Morgan fingerprint density at radius 3 is 2.24 bits per heavy atom. The van der Waals surface area contributed by atoms with Crippen molar-refractivity contribution in [2.45, 2.75) is 72.8 Å². The van der Waals surface area contributed by atoms with Crippen molar-refractivity contribution in [2.75, 3.05) is 24.6 Å². The molecule has 3 heterocycles. The van der Waals surface area contributed by atoms with Gasteiger partial charge in [-0.15, -0.1) is 0 Å². The third-order valence-corrected chi connectivity index (χ3v) is 6.78. The number of carbonyl (C=O) groups is 1. The number of aryl methyl sites for hydroxylation is 1. The number of aliphatic carboxylic acids is 1. The number of carboxylic acids is 1. The van der Waals surface area contributed by atoms with Gasteiger partial charge in [0.2, 0.25) is 0 Å². The van der Waals surface area contributed by atoms with Crippen LogP contribution in [-0.4, -0.2) is 51.4 Å². The first-order valence-corrected chi connectivity index (χ1v) is 13.8. The number of anilines is 1. The van der Waals surface area contributed by atoms with Crippen molar-refractivity contribution in [3.05, 3.63) is 71.2 Å². The number of hydrogen-bond acceptors (Lipinski definition) is 6. The number of carboxylic acid groups (broad SMARTS) is 1. The van der Waals surface area contributed by atoms with Crippen LogP contribution >= 0.6 is 0 Å². The fourth-order valence-corrected chi connectivity index (χ4v) is 4.48. The highest BCUT2D eigenvalue weighted by molar-refractivity contribution is 5.83. The van der Waals surface area contributed by atoms with E-state index < -0.39 is 17.4 Å². The molecule has 1 fully saturated rings. The molecule has 2 N–H and O–H groups in total. The smallest absolute Gasteiger partial charge is 0.307 e. The van der Waals surface area contributed by atoms with E-state index in [1.165, 1.54) is 24.4 Å². The van der Waals surface area contributed by atoms with Crippen LogP contribution in [-0.2, 0) is 17.6 Å². The first kappa shape index (κ1) is 31.9. The number of piperidine rings is 1. The second kappa shape index (κ2) is 13.4. The van der Waals surface area contributed by atoms with Gasteiger partial charge in [0.05, 0.1) is 36.2 Å². The molecule has 4 rings (SSSR count). The number of aliphatic hydroxyl groups is 1. The Morgan fingerprint density at radius 1 is 1.07 bits per heavy atom. The summed E-state index contributed by atoms with van der Waals surface area (Å²) in [4.78, 5) is 22.7. The van der Waals surface area contributed by atoms with Crippen LogP contribution in [0.2, 0.25) is 0 Å². The van der Waals surface area contributed by atoms with Gasteiger partial charge in [-0.3, -0.25) is 14.8 Å². The third-order valence-electron chi connectivity index (χ3n) is 6.78. The molecule has 1 aliphatic heterocycles. The number of aromatic nitrogens is 2. The molecule has 41 heavy (non-hydrogen) atoms. The normalized spacial score (nSPS) is 14.7. The van der Waals surface area contributed by atoms with E-state index in [1.807, 2.05) is 0 Å². The zero-order valence-electron chi connectivity index (χ0n) is 24.8. The fraction of sp³-hybridized carbons (Fsp3) is 0.469. The molecule has 0 spiro atoms. The van der Waals surface area contributed by atoms with Crippen molar-refractivity contribution in [1.29, 1.82) is 0 Å². The van der Waals surface area contributed by atoms with Gasteiger partial charge in [-0.2, -0.15) is 0 Å². The molecule has 7 nitrogen and oxygen atoms in total. The molecule has 0 unspecified atom stereocenters. The molecule has 1 aliphatic rings. The van der Waals surface area contributed by atoms with Gasteiger partial charge >= 0.3 is 5.97 Å². The van der Waals surface area contributed by atoms with E-state index in [4.69, 9.17) is 9.84 Å². The Labute approximate surface area is 241 Å². The lowest BCUT2D eigenvalue weighted by Gasteiger charge is -2.40. The van der Waals surface area contributed by atoms with Gasteiger partial charge in [0.1, 0.15) is 5.82 Å². The summed E-state index contributed by atoms with van der Waals surface area (Å²) < 4.78 is 33.7. The Hall–Kier alpha value is -3.59. The lowest BCUT2D eigenvalue weighted by molar-refractivity contribution is -0.136. The van der Waals surface area contributed by atoms with E-state index in [9.17, 15) is 14.3 Å². The predicted molar refractivity (Wildman–Crippen MR) is 156 cm³/mol. The van der Waals surface area contributed by atoms with E-state index >= 15 is 4.39 Å². The topological polar surface area (TPSA) is 95.8 Å². The maximum Gasteiger partial charge on any atom is 0.307 e. The second-order valence-corrected chi connectivity index (χ2v) is 12.2. The van der Waals surface area contributed by atoms with Crippen molar-refractivity contribution in [1.82, 2.24) is 9.97 Å². The summed E-state index contributed by atoms with van der Waals surface area (Å²) in [6.07, 6.45) is 5.24. The highest BCUT2D eigenvalue weighted by atomic mass is 19.1. The van der Waals surface area contributed by atoms with Crippen LogP contribution < -0.4 is 9.64 Å². The minimum Gasteiger partial charge on any atom is -0.489 e. The average molecular weight is 570 g/mol. The number of pyridine rings is 2. The Morgan fingerprint density at radius 2 is 1.68 bits per heavy atom. The Bertz CT molecular complexity index is 1320. The van der Waals surface area contributed by atoms with E-state index in [0.29, 0.717) is 28.9 Å². The van der Waals surface area contributed by atoms with Crippen molar-refractivity contribution in [3.8, 4) is 17.0 Å². The number of hydrogen-bond donors (Lipinski definition) is 2. The summed E-state index contributed by atoms with van der Waals surface area (Å²) in [6, 6.07) is 7.39. The number of halogens is 2. The van der Waals surface area contributed by atoms with Crippen LogP contribution in [0.3, 0.4) is 0 Å². The van der Waals surface area contributed by atoms with Gasteiger partial charge in [0.15, 0.2) is 11.6 Å². The van der Waals surface area contributed by atoms with Crippen molar-refractivity contribution in [2.24, 2.45) is 5.41 Å².